The minimum absolute atomic E-state index is 0.419. The molecule has 0 spiro atoms. The van der Waals surface area contributed by atoms with Crippen molar-refractivity contribution in [3.8, 4) is 0 Å². The number of benzene rings is 1. The number of hydrogen-bond donors (Lipinski definition) is 1. The predicted octanol–water partition coefficient (Wildman–Crippen LogP) is 2.18. The van der Waals surface area contributed by atoms with Crippen LogP contribution in [0, 0.1) is 5.92 Å². The molecule has 112 valence electrons. The molecular weight excluding hydrogens is 248 g/mol. The van der Waals surface area contributed by atoms with Gasteiger partial charge in [-0.2, -0.15) is 0 Å². The summed E-state index contributed by atoms with van der Waals surface area (Å²) in [5, 5.41) is 3.71. The van der Waals surface area contributed by atoms with E-state index in [4.69, 9.17) is 4.74 Å². The molecule has 1 aliphatic rings. The summed E-state index contributed by atoms with van der Waals surface area (Å²) in [5.74, 6) is 0.821. The zero-order chi connectivity index (χ0) is 14.2. The molecule has 1 heterocycles. The molecule has 3 nitrogen and oxygen atoms in total. The van der Waals surface area contributed by atoms with Crippen LogP contribution in [-0.2, 0) is 11.2 Å². The van der Waals surface area contributed by atoms with Gasteiger partial charge in [-0.05, 0) is 57.4 Å². The van der Waals surface area contributed by atoms with Crippen LogP contribution < -0.4 is 5.32 Å². The van der Waals surface area contributed by atoms with E-state index in [1.807, 2.05) is 0 Å². The van der Waals surface area contributed by atoms with Crippen molar-refractivity contribution in [3.63, 3.8) is 0 Å². The van der Waals surface area contributed by atoms with Crippen molar-refractivity contribution < 1.29 is 4.74 Å². The van der Waals surface area contributed by atoms with Gasteiger partial charge in [0, 0.05) is 13.2 Å². The first-order valence-corrected chi connectivity index (χ1v) is 7.72. The van der Waals surface area contributed by atoms with Gasteiger partial charge in [0.15, 0.2) is 0 Å². The Bertz CT molecular complexity index is 361. The molecule has 1 N–H and O–H groups in total. The van der Waals surface area contributed by atoms with Gasteiger partial charge in [-0.3, -0.25) is 0 Å². The SMILES string of the molecule is COC[C@@H](Cc1ccccc1)NCC1CCN(C)CC1. The van der Waals surface area contributed by atoms with Crippen molar-refractivity contribution >= 4 is 0 Å². The molecule has 3 heteroatoms. The first-order valence-electron chi connectivity index (χ1n) is 7.72. The largest absolute Gasteiger partial charge is 0.383 e. The Morgan fingerprint density at radius 3 is 2.60 bits per heavy atom. The van der Waals surface area contributed by atoms with Crippen molar-refractivity contribution in [2.24, 2.45) is 5.92 Å². The van der Waals surface area contributed by atoms with E-state index in [1.165, 1.54) is 31.5 Å². The van der Waals surface area contributed by atoms with Gasteiger partial charge in [0.25, 0.3) is 0 Å². The number of hydrogen-bond acceptors (Lipinski definition) is 3. The van der Waals surface area contributed by atoms with E-state index in [9.17, 15) is 0 Å². The molecular formula is C17H28N2O. The van der Waals surface area contributed by atoms with Gasteiger partial charge in [0.2, 0.25) is 0 Å². The van der Waals surface area contributed by atoms with Crippen LogP contribution in [0.15, 0.2) is 30.3 Å². The first kappa shape index (κ1) is 15.5. The Hall–Kier alpha value is -0.900. The molecule has 0 bridgehead atoms. The number of nitrogens with one attached hydrogen (secondary N) is 1. The van der Waals surface area contributed by atoms with Gasteiger partial charge in [-0.15, -0.1) is 0 Å². The summed E-state index contributed by atoms with van der Waals surface area (Å²) in [6, 6.07) is 11.1. The van der Waals surface area contributed by atoms with Crippen LogP contribution in [0.25, 0.3) is 0 Å². The zero-order valence-electron chi connectivity index (χ0n) is 12.8. The van der Waals surface area contributed by atoms with Gasteiger partial charge in [-0.1, -0.05) is 30.3 Å². The summed E-state index contributed by atoms with van der Waals surface area (Å²) >= 11 is 0. The molecule has 0 saturated carbocycles. The highest BCUT2D eigenvalue weighted by Crippen LogP contribution is 2.15. The summed E-state index contributed by atoms with van der Waals surface area (Å²) in [6.07, 6.45) is 3.67. The smallest absolute Gasteiger partial charge is 0.0619 e. The van der Waals surface area contributed by atoms with Crippen LogP contribution >= 0.6 is 0 Å². The average molecular weight is 276 g/mol. The second-order valence-corrected chi connectivity index (χ2v) is 6.00. The maximum Gasteiger partial charge on any atom is 0.0619 e. The van der Waals surface area contributed by atoms with Crippen LogP contribution in [0.3, 0.4) is 0 Å². The highest BCUT2D eigenvalue weighted by molar-refractivity contribution is 5.15. The van der Waals surface area contributed by atoms with E-state index >= 15 is 0 Å². The molecule has 0 radical (unpaired) electrons. The molecule has 20 heavy (non-hydrogen) atoms. The Kier molecular flexibility index (Phi) is 6.51. The van der Waals surface area contributed by atoms with E-state index < -0.39 is 0 Å². The Balaban J connectivity index is 1.77. The number of likely N-dealkylation sites (tertiary alicyclic amines) is 1. The summed E-state index contributed by atoms with van der Waals surface area (Å²) in [7, 11) is 4.00. The van der Waals surface area contributed by atoms with E-state index in [2.05, 4.69) is 47.6 Å². The molecule has 1 saturated heterocycles. The van der Waals surface area contributed by atoms with Gasteiger partial charge >= 0.3 is 0 Å². The Labute approximate surface area is 123 Å². The summed E-state index contributed by atoms with van der Waals surface area (Å²) in [6.45, 7) is 4.37. The van der Waals surface area contributed by atoms with Crippen LogP contribution in [0.4, 0.5) is 0 Å². The Morgan fingerprint density at radius 2 is 1.95 bits per heavy atom. The van der Waals surface area contributed by atoms with Gasteiger partial charge in [0.1, 0.15) is 0 Å². The van der Waals surface area contributed by atoms with Crippen LogP contribution in [0.1, 0.15) is 18.4 Å². The van der Waals surface area contributed by atoms with E-state index in [1.54, 1.807) is 7.11 Å². The number of nitrogens with zero attached hydrogens (tertiary/aromatic N) is 1. The van der Waals surface area contributed by atoms with Crippen LogP contribution in [0.2, 0.25) is 0 Å². The maximum absolute atomic E-state index is 5.36. The fourth-order valence-corrected chi connectivity index (χ4v) is 2.89. The lowest BCUT2D eigenvalue weighted by atomic mass is 9.96. The van der Waals surface area contributed by atoms with Crippen molar-refractivity contribution in [1.82, 2.24) is 10.2 Å². The van der Waals surface area contributed by atoms with Crippen molar-refractivity contribution in [2.75, 3.05) is 40.4 Å². The summed E-state index contributed by atoms with van der Waals surface area (Å²) in [4.78, 5) is 2.42. The second-order valence-electron chi connectivity index (χ2n) is 6.00. The standard InChI is InChI=1S/C17H28N2O/c1-19-10-8-16(9-11-19)13-18-17(14-20-2)12-15-6-4-3-5-7-15/h3-7,16-18H,8-14H2,1-2H3/t17-/m1/s1. The summed E-state index contributed by atoms with van der Waals surface area (Å²) in [5.41, 5.74) is 1.38. The monoisotopic (exact) mass is 276 g/mol. The number of piperidine rings is 1. The van der Waals surface area contributed by atoms with Gasteiger partial charge < -0.3 is 15.0 Å². The highest BCUT2D eigenvalue weighted by Gasteiger charge is 2.18. The molecule has 1 aliphatic heterocycles. The molecule has 1 atom stereocenters. The third-order valence-corrected chi connectivity index (χ3v) is 4.23. The zero-order valence-corrected chi connectivity index (χ0v) is 12.8. The third-order valence-electron chi connectivity index (χ3n) is 4.23. The first-order chi connectivity index (χ1) is 9.78. The molecule has 0 amide bonds. The lowest BCUT2D eigenvalue weighted by Crippen LogP contribution is -2.41. The van der Waals surface area contributed by atoms with Crippen LogP contribution in [-0.4, -0.2) is 51.3 Å². The number of methoxy groups -OCH3 is 1. The van der Waals surface area contributed by atoms with Crippen LogP contribution in [0.5, 0.6) is 0 Å². The third kappa shape index (κ3) is 5.23. The lowest BCUT2D eigenvalue weighted by Gasteiger charge is -2.30. The maximum atomic E-state index is 5.36. The number of rotatable bonds is 7. The quantitative estimate of drug-likeness (QED) is 0.826. The van der Waals surface area contributed by atoms with Gasteiger partial charge in [0.05, 0.1) is 6.61 Å². The molecule has 0 aromatic heterocycles. The summed E-state index contributed by atoms with van der Waals surface area (Å²) < 4.78 is 5.36. The Morgan fingerprint density at radius 1 is 1.25 bits per heavy atom. The fraction of sp³-hybridized carbons (Fsp3) is 0.647. The average Bonchev–Trinajstić information content (AvgIpc) is 2.48. The number of ether oxygens (including phenoxy) is 1. The molecule has 2 rings (SSSR count). The molecule has 1 aromatic rings. The second kappa shape index (κ2) is 8.40. The highest BCUT2D eigenvalue weighted by atomic mass is 16.5. The minimum atomic E-state index is 0.419. The predicted molar refractivity (Wildman–Crippen MR) is 84.0 cm³/mol. The van der Waals surface area contributed by atoms with Gasteiger partial charge in [-0.25, -0.2) is 0 Å². The van der Waals surface area contributed by atoms with Crippen molar-refractivity contribution in [1.29, 1.82) is 0 Å². The van der Waals surface area contributed by atoms with E-state index in [-0.39, 0.29) is 0 Å². The molecule has 0 unspecified atom stereocenters. The topological polar surface area (TPSA) is 24.5 Å². The normalized spacial score (nSPS) is 19.1. The molecule has 0 aliphatic carbocycles. The molecule has 1 fully saturated rings. The fourth-order valence-electron chi connectivity index (χ4n) is 2.89. The molecule has 1 aromatic carbocycles. The van der Waals surface area contributed by atoms with Crippen molar-refractivity contribution in [3.05, 3.63) is 35.9 Å². The van der Waals surface area contributed by atoms with E-state index in [0.29, 0.717) is 6.04 Å². The minimum Gasteiger partial charge on any atom is -0.383 e. The van der Waals surface area contributed by atoms with E-state index in [0.717, 1.165) is 25.5 Å². The lowest BCUT2D eigenvalue weighted by molar-refractivity contribution is 0.156. The van der Waals surface area contributed by atoms with Crippen molar-refractivity contribution in [2.45, 2.75) is 25.3 Å².